The molecular formula is C69H89F3N8O11. The van der Waals surface area contributed by atoms with Crippen molar-refractivity contribution in [2.45, 2.75) is 163 Å². The van der Waals surface area contributed by atoms with Crippen molar-refractivity contribution in [2.75, 3.05) is 76.3 Å². The number of piperazine rings is 1. The molecule has 0 unspecified atom stereocenters. The van der Waals surface area contributed by atoms with Crippen LogP contribution in [-0.2, 0) is 67.8 Å². The number of carbonyl (C=O) groups is 8. The molecule has 19 nitrogen and oxygen atoms in total. The van der Waals surface area contributed by atoms with E-state index < -0.39 is 105 Å². The van der Waals surface area contributed by atoms with Crippen LogP contribution in [0.4, 0.5) is 34.1 Å². The highest BCUT2D eigenvalue weighted by atomic mass is 19.1. The van der Waals surface area contributed by atoms with Gasteiger partial charge in [-0.15, -0.1) is 0 Å². The predicted octanol–water partition coefficient (Wildman–Crippen LogP) is 9.16. The average molecular weight is 1260 g/mol. The molecule has 7 atom stereocenters. The highest BCUT2D eigenvalue weighted by molar-refractivity contribution is 6.04. The second-order valence-electron chi connectivity index (χ2n) is 28.2. The molecule has 2 N–H and O–H groups in total. The van der Waals surface area contributed by atoms with Crippen LogP contribution in [0.2, 0.25) is 0 Å². The highest BCUT2D eigenvalue weighted by Gasteiger charge is 2.49. The van der Waals surface area contributed by atoms with Gasteiger partial charge in [-0.3, -0.25) is 38.6 Å². The van der Waals surface area contributed by atoms with E-state index in [9.17, 15) is 33.2 Å². The number of likely N-dealkylation sites (N-methyl/N-ethyl adjacent to an activating group) is 1. The molecule has 0 aromatic heterocycles. The number of carbonyl (C=O) groups excluding carboxylic acids is 8. The summed E-state index contributed by atoms with van der Waals surface area (Å²) in [7, 11) is 1.42. The number of rotatable bonds is 18. The molecule has 8 rings (SSSR count). The summed E-state index contributed by atoms with van der Waals surface area (Å²) in [5.41, 5.74) is -0.700. The SMILES string of the molecule is C[C@@H]1COCCN1C[C@H]1CN(C(=O)OC(C)(C)C)[C@H](C)CN1CC(=O)N1C[C@@](C)(C(=O)NCC(=O)Cc2ccc3c(c2)[C@@H](C(=O)Nc2c(F)cccc2F)N(C(=O)[C@@H](CC(=O)[C@H](C)N(C)C(=O)OC(C)(C)C)C(C)(C)C)C3)c2ccc(Cc3ccc(F)cc3)cc21. The molecule has 2 saturated heterocycles. The number of Topliss-reactive ketones (excluding diaryl/α,β-unsaturated/α-hetero) is 2. The topological polar surface area (TPSA) is 208 Å². The quantitative estimate of drug-likeness (QED) is 0.0954. The van der Waals surface area contributed by atoms with Gasteiger partial charge in [-0.1, -0.05) is 69.3 Å². The Labute approximate surface area is 532 Å². The lowest BCUT2D eigenvalue weighted by Crippen LogP contribution is -2.64. The molecule has 0 spiro atoms. The van der Waals surface area contributed by atoms with E-state index in [2.05, 4.69) is 27.4 Å². The van der Waals surface area contributed by atoms with Crippen LogP contribution in [0.1, 0.15) is 136 Å². The van der Waals surface area contributed by atoms with Crippen molar-refractivity contribution < 1.29 is 65.7 Å². The van der Waals surface area contributed by atoms with E-state index in [1.807, 2.05) is 45.9 Å². The van der Waals surface area contributed by atoms with Crippen molar-refractivity contribution >= 4 is 58.8 Å². The number of hydrogen-bond donors (Lipinski definition) is 2. The number of anilines is 2. The number of amides is 6. The molecule has 0 saturated carbocycles. The Morgan fingerprint density at radius 1 is 0.780 bits per heavy atom. The Morgan fingerprint density at radius 3 is 2.07 bits per heavy atom. The van der Waals surface area contributed by atoms with Gasteiger partial charge in [0.1, 0.15) is 40.4 Å². The molecule has 4 heterocycles. The van der Waals surface area contributed by atoms with Gasteiger partial charge in [-0.2, -0.15) is 0 Å². The van der Waals surface area contributed by atoms with Crippen LogP contribution in [0.3, 0.4) is 0 Å². The number of morpholine rings is 1. The van der Waals surface area contributed by atoms with Crippen LogP contribution in [-0.4, -0.2) is 173 Å². The number of halogens is 3. The zero-order valence-electron chi connectivity index (χ0n) is 55.0. The van der Waals surface area contributed by atoms with Gasteiger partial charge in [0.05, 0.1) is 37.8 Å². The third kappa shape index (κ3) is 16.5. The van der Waals surface area contributed by atoms with Gasteiger partial charge in [0.2, 0.25) is 17.7 Å². The van der Waals surface area contributed by atoms with Gasteiger partial charge in [0.25, 0.3) is 5.91 Å². The van der Waals surface area contributed by atoms with E-state index in [1.165, 1.54) is 31.0 Å². The number of ether oxygens (including phenoxy) is 3. The van der Waals surface area contributed by atoms with Gasteiger partial charge in [0, 0.05) is 88.9 Å². The van der Waals surface area contributed by atoms with Gasteiger partial charge >= 0.3 is 12.2 Å². The second kappa shape index (κ2) is 27.6. The molecule has 2 fully saturated rings. The van der Waals surface area contributed by atoms with Crippen LogP contribution in [0.15, 0.2) is 78.9 Å². The fourth-order valence-corrected chi connectivity index (χ4v) is 12.3. The minimum atomic E-state index is -1.49. The first-order valence-electron chi connectivity index (χ1n) is 31.2. The summed E-state index contributed by atoms with van der Waals surface area (Å²) in [6, 6.07) is 16.6. The summed E-state index contributed by atoms with van der Waals surface area (Å²) < 4.78 is 61.4. The molecule has 4 aromatic carbocycles. The molecule has 4 aliphatic heterocycles. The van der Waals surface area contributed by atoms with E-state index in [0.717, 1.165) is 34.2 Å². The first-order chi connectivity index (χ1) is 42.5. The fourth-order valence-electron chi connectivity index (χ4n) is 12.3. The third-order valence-corrected chi connectivity index (χ3v) is 17.6. The maximum Gasteiger partial charge on any atom is 0.410 e. The van der Waals surface area contributed by atoms with Crippen molar-refractivity contribution in [2.24, 2.45) is 11.3 Å². The summed E-state index contributed by atoms with van der Waals surface area (Å²) in [4.78, 5) is 124. The minimum Gasteiger partial charge on any atom is -0.444 e. The summed E-state index contributed by atoms with van der Waals surface area (Å²) in [5, 5.41) is 5.20. The molecule has 0 bridgehead atoms. The lowest BCUT2D eigenvalue weighted by Gasteiger charge is -2.47. The van der Waals surface area contributed by atoms with Crippen LogP contribution in [0.5, 0.6) is 0 Å². The van der Waals surface area contributed by atoms with Crippen LogP contribution < -0.4 is 15.5 Å². The van der Waals surface area contributed by atoms with E-state index >= 15 is 18.4 Å². The van der Waals surface area contributed by atoms with Gasteiger partial charge in [-0.25, -0.2) is 22.8 Å². The molecule has 22 heteroatoms. The van der Waals surface area contributed by atoms with Crippen molar-refractivity contribution in [3.05, 3.63) is 130 Å². The van der Waals surface area contributed by atoms with E-state index in [4.69, 9.17) is 14.2 Å². The zero-order valence-corrected chi connectivity index (χ0v) is 55.0. The predicted molar refractivity (Wildman–Crippen MR) is 337 cm³/mol. The Bertz CT molecular complexity index is 3400. The normalized spacial score (nSPS) is 21.1. The summed E-state index contributed by atoms with van der Waals surface area (Å²) in [6.45, 7) is 25.3. The van der Waals surface area contributed by atoms with Gasteiger partial charge < -0.3 is 44.4 Å². The van der Waals surface area contributed by atoms with Crippen LogP contribution in [0.25, 0.3) is 0 Å². The first-order valence-corrected chi connectivity index (χ1v) is 31.2. The molecule has 492 valence electrons. The number of nitrogens with one attached hydrogen (secondary N) is 2. The molecule has 6 amide bonds. The molecule has 0 radical (unpaired) electrons. The molecule has 0 aliphatic carbocycles. The average Bonchev–Trinajstić information content (AvgIpc) is 1.62. The largest absolute Gasteiger partial charge is 0.444 e. The molecule has 4 aromatic rings. The standard InChI is InChI=1S/C69H89F3N8O11/c1-41-34-77(49(36-76-26-27-89-39-42(76)2)37-78(41)65(88)91-68(10,11)12)38-58(83)80-40-69(13,52-25-21-45(31-56(52)80)28-44-19-23-48(70)24-20-44)63(86)73-33-50(81)29-46-18-22-47-35-79(60(51(47)30-46)61(84)74-59-54(71)16-15-17-55(59)72)62(85)53(66(4,5)6)32-57(82)43(3)75(14)64(87)90-67(7,8)9/h15-25,30-31,41-43,49,53,60H,26-29,32-40H2,1-14H3,(H,73,86)(H,74,84)/t41-,42-,43+,49+,53-,60+,69-/m1/s1. The number of para-hydroxylation sites is 1. The Morgan fingerprint density at radius 2 is 1.43 bits per heavy atom. The monoisotopic (exact) mass is 1260 g/mol. The Balaban J connectivity index is 1.02. The van der Waals surface area contributed by atoms with Crippen LogP contribution in [0, 0.1) is 28.8 Å². The first kappa shape index (κ1) is 69.2. The van der Waals surface area contributed by atoms with Gasteiger partial charge in [0.15, 0.2) is 11.6 Å². The number of fused-ring (bicyclic) bond motifs is 2. The zero-order chi connectivity index (χ0) is 66.8. The number of nitrogens with zero attached hydrogens (tertiary/aromatic N) is 6. The Hall–Kier alpha value is -7.69. The van der Waals surface area contributed by atoms with E-state index in [0.29, 0.717) is 68.2 Å². The van der Waals surface area contributed by atoms with Crippen molar-refractivity contribution in [3.63, 3.8) is 0 Å². The van der Waals surface area contributed by atoms with Crippen LogP contribution >= 0.6 is 0 Å². The van der Waals surface area contributed by atoms with E-state index in [-0.39, 0.29) is 67.9 Å². The van der Waals surface area contributed by atoms with Gasteiger partial charge in [-0.05, 0) is 145 Å². The third-order valence-electron chi connectivity index (χ3n) is 17.6. The lowest BCUT2D eigenvalue weighted by atomic mass is 9.76. The highest BCUT2D eigenvalue weighted by Crippen LogP contribution is 2.44. The minimum absolute atomic E-state index is 0.0474. The molecule has 4 aliphatic rings. The lowest BCUT2D eigenvalue weighted by molar-refractivity contribution is -0.147. The maximum absolute atomic E-state index is 15.2. The maximum atomic E-state index is 15.2. The second-order valence-corrected chi connectivity index (χ2v) is 28.2. The number of benzene rings is 4. The number of ketones is 2. The smallest absolute Gasteiger partial charge is 0.410 e. The van der Waals surface area contributed by atoms with E-state index in [1.54, 1.807) is 88.6 Å². The summed E-state index contributed by atoms with van der Waals surface area (Å²) in [5.74, 6) is -6.82. The molecule has 91 heavy (non-hydrogen) atoms. The summed E-state index contributed by atoms with van der Waals surface area (Å²) in [6.07, 6.45) is -1.37. The van der Waals surface area contributed by atoms with Crippen molar-refractivity contribution in [3.8, 4) is 0 Å². The van der Waals surface area contributed by atoms with Crippen molar-refractivity contribution in [1.82, 2.24) is 29.8 Å². The fraction of sp³-hybridized carbons (Fsp3) is 0.536. The van der Waals surface area contributed by atoms with Crippen molar-refractivity contribution in [1.29, 1.82) is 0 Å². The Kier molecular flexibility index (Phi) is 21.0. The molecular weight excluding hydrogens is 1170 g/mol. The summed E-state index contributed by atoms with van der Waals surface area (Å²) >= 11 is 0. The number of hydrogen-bond acceptors (Lipinski definition) is 13.